The lowest BCUT2D eigenvalue weighted by Crippen LogP contribution is -2.46. The van der Waals surface area contributed by atoms with Gasteiger partial charge in [0.15, 0.2) is 0 Å². The number of carbonyl (C=O) groups is 1. The van der Waals surface area contributed by atoms with Crippen molar-refractivity contribution in [3.05, 3.63) is 34.9 Å². The van der Waals surface area contributed by atoms with Crippen LogP contribution in [0.3, 0.4) is 0 Å². The van der Waals surface area contributed by atoms with Gasteiger partial charge in [-0.25, -0.2) is 0 Å². The highest BCUT2D eigenvalue weighted by atomic mass is 35.5. The molecule has 0 heterocycles. The zero-order valence-corrected chi connectivity index (χ0v) is 12.7. The molecule has 20 heavy (non-hydrogen) atoms. The summed E-state index contributed by atoms with van der Waals surface area (Å²) < 4.78 is 0. The molecule has 1 amide bonds. The number of amides is 1. The van der Waals surface area contributed by atoms with Crippen LogP contribution in [0.15, 0.2) is 24.3 Å². The van der Waals surface area contributed by atoms with Crippen LogP contribution in [-0.2, 0) is 11.2 Å². The molecule has 0 aromatic heterocycles. The van der Waals surface area contributed by atoms with Crippen LogP contribution < -0.4 is 11.1 Å². The number of halogens is 1. The van der Waals surface area contributed by atoms with E-state index in [1.165, 1.54) is 5.56 Å². The van der Waals surface area contributed by atoms with E-state index in [1.807, 2.05) is 31.2 Å². The topological polar surface area (TPSA) is 55.1 Å². The fourth-order valence-electron chi connectivity index (χ4n) is 2.86. The molecule has 1 fully saturated rings. The molecule has 3 atom stereocenters. The van der Waals surface area contributed by atoms with Crippen molar-refractivity contribution in [1.82, 2.24) is 5.32 Å². The van der Waals surface area contributed by atoms with Crippen LogP contribution in [0.25, 0.3) is 0 Å². The van der Waals surface area contributed by atoms with Gasteiger partial charge in [-0.15, -0.1) is 0 Å². The molecule has 0 bridgehead atoms. The Bertz CT molecular complexity index is 446. The normalized spacial score (nSPS) is 24.1. The predicted molar refractivity (Wildman–Crippen MR) is 82.7 cm³/mol. The monoisotopic (exact) mass is 294 g/mol. The quantitative estimate of drug-likeness (QED) is 0.897. The molecule has 1 aromatic rings. The summed E-state index contributed by atoms with van der Waals surface area (Å²) in [5, 5.41) is 3.83. The van der Waals surface area contributed by atoms with Gasteiger partial charge in [0.2, 0.25) is 5.91 Å². The van der Waals surface area contributed by atoms with E-state index in [0.717, 1.165) is 37.1 Å². The fraction of sp³-hybridized carbons (Fsp3) is 0.562. The summed E-state index contributed by atoms with van der Waals surface area (Å²) in [6.45, 7) is 2.03. The van der Waals surface area contributed by atoms with Gasteiger partial charge in [-0.1, -0.05) is 36.6 Å². The molecule has 1 aromatic carbocycles. The van der Waals surface area contributed by atoms with Crippen LogP contribution in [0.4, 0.5) is 0 Å². The Kier molecular flexibility index (Phi) is 5.44. The van der Waals surface area contributed by atoms with E-state index in [0.29, 0.717) is 0 Å². The van der Waals surface area contributed by atoms with Crippen molar-refractivity contribution in [2.24, 2.45) is 11.7 Å². The molecule has 4 heteroatoms. The van der Waals surface area contributed by atoms with Crippen molar-refractivity contribution in [1.29, 1.82) is 0 Å². The number of rotatable bonds is 4. The van der Waals surface area contributed by atoms with Crippen molar-refractivity contribution in [3.63, 3.8) is 0 Å². The maximum atomic E-state index is 12.3. The fourth-order valence-corrected chi connectivity index (χ4v) is 2.99. The van der Waals surface area contributed by atoms with Crippen LogP contribution in [-0.4, -0.2) is 18.0 Å². The highest BCUT2D eigenvalue weighted by Gasteiger charge is 2.28. The number of nitrogens with one attached hydrogen (secondary N) is 1. The molecule has 0 radical (unpaired) electrons. The summed E-state index contributed by atoms with van der Waals surface area (Å²) in [5.74, 6) is 0.0927. The lowest BCUT2D eigenvalue weighted by Gasteiger charge is -2.28. The number of benzene rings is 1. The van der Waals surface area contributed by atoms with Gasteiger partial charge in [-0.2, -0.15) is 0 Å². The zero-order valence-electron chi connectivity index (χ0n) is 11.9. The second-order valence-electron chi connectivity index (χ2n) is 5.80. The summed E-state index contributed by atoms with van der Waals surface area (Å²) in [6.07, 6.45) is 4.94. The minimum atomic E-state index is -0.0172. The van der Waals surface area contributed by atoms with E-state index in [4.69, 9.17) is 17.3 Å². The van der Waals surface area contributed by atoms with E-state index >= 15 is 0 Å². The van der Waals surface area contributed by atoms with Gasteiger partial charge in [0.05, 0.1) is 5.92 Å². The number of hydrogen-bond acceptors (Lipinski definition) is 2. The molecular weight excluding hydrogens is 272 g/mol. The van der Waals surface area contributed by atoms with E-state index < -0.39 is 0 Å². The second kappa shape index (κ2) is 7.09. The van der Waals surface area contributed by atoms with E-state index in [9.17, 15) is 4.79 Å². The molecule has 0 aliphatic heterocycles. The molecule has 1 saturated carbocycles. The Morgan fingerprint density at radius 1 is 1.35 bits per heavy atom. The zero-order chi connectivity index (χ0) is 14.5. The minimum Gasteiger partial charge on any atom is -0.353 e. The van der Waals surface area contributed by atoms with Crippen LogP contribution >= 0.6 is 11.6 Å². The molecule has 2 rings (SSSR count). The Morgan fingerprint density at radius 2 is 2.00 bits per heavy atom. The molecular formula is C16H23ClN2O. The Hall–Kier alpha value is -1.06. The SMILES string of the molecule is CC(Cc1ccc(Cl)cc1)NC(=O)C1CCCCC1N. The highest BCUT2D eigenvalue weighted by molar-refractivity contribution is 6.30. The maximum absolute atomic E-state index is 12.3. The average Bonchev–Trinajstić information content (AvgIpc) is 2.41. The standard InChI is InChI=1S/C16H23ClN2O/c1-11(10-12-6-8-13(17)9-7-12)19-16(20)14-4-2-3-5-15(14)18/h6-9,11,14-15H,2-5,10,18H2,1H3,(H,19,20). The van der Waals surface area contributed by atoms with Gasteiger partial charge in [0.25, 0.3) is 0 Å². The first kappa shape index (κ1) is 15.3. The Labute approximate surface area is 125 Å². The van der Waals surface area contributed by atoms with Gasteiger partial charge in [-0.05, 0) is 43.9 Å². The highest BCUT2D eigenvalue weighted by Crippen LogP contribution is 2.23. The van der Waals surface area contributed by atoms with Crippen LogP contribution in [0.1, 0.15) is 38.2 Å². The molecule has 1 aliphatic carbocycles. The first-order valence-electron chi connectivity index (χ1n) is 7.36. The summed E-state index contributed by atoms with van der Waals surface area (Å²) in [7, 11) is 0. The number of carbonyl (C=O) groups excluding carboxylic acids is 1. The largest absolute Gasteiger partial charge is 0.353 e. The first-order chi connectivity index (χ1) is 9.56. The Morgan fingerprint density at radius 3 is 2.65 bits per heavy atom. The molecule has 3 unspecified atom stereocenters. The van der Waals surface area contributed by atoms with E-state index in [1.54, 1.807) is 0 Å². The Balaban J connectivity index is 1.85. The smallest absolute Gasteiger partial charge is 0.224 e. The van der Waals surface area contributed by atoms with Gasteiger partial charge < -0.3 is 11.1 Å². The van der Waals surface area contributed by atoms with Crippen LogP contribution in [0.5, 0.6) is 0 Å². The van der Waals surface area contributed by atoms with Crippen molar-refractivity contribution in [2.75, 3.05) is 0 Å². The average molecular weight is 295 g/mol. The van der Waals surface area contributed by atoms with E-state index in [-0.39, 0.29) is 23.9 Å². The number of nitrogens with two attached hydrogens (primary N) is 1. The van der Waals surface area contributed by atoms with Crippen molar-refractivity contribution < 1.29 is 4.79 Å². The van der Waals surface area contributed by atoms with Crippen molar-refractivity contribution in [2.45, 2.75) is 51.1 Å². The minimum absolute atomic E-state index is 0.0172. The summed E-state index contributed by atoms with van der Waals surface area (Å²) in [6, 6.07) is 7.88. The molecule has 3 N–H and O–H groups in total. The molecule has 3 nitrogen and oxygen atoms in total. The van der Waals surface area contributed by atoms with Crippen molar-refractivity contribution in [3.8, 4) is 0 Å². The third-order valence-electron chi connectivity index (χ3n) is 4.00. The lowest BCUT2D eigenvalue weighted by atomic mass is 9.84. The molecule has 0 saturated heterocycles. The van der Waals surface area contributed by atoms with Gasteiger partial charge >= 0.3 is 0 Å². The lowest BCUT2D eigenvalue weighted by molar-refractivity contribution is -0.127. The summed E-state index contributed by atoms with van der Waals surface area (Å²) in [4.78, 5) is 12.3. The van der Waals surface area contributed by atoms with Crippen LogP contribution in [0, 0.1) is 5.92 Å². The third-order valence-corrected chi connectivity index (χ3v) is 4.25. The maximum Gasteiger partial charge on any atom is 0.224 e. The van der Waals surface area contributed by atoms with Gasteiger partial charge in [-0.3, -0.25) is 4.79 Å². The van der Waals surface area contributed by atoms with Gasteiger partial charge in [0, 0.05) is 17.1 Å². The third kappa shape index (κ3) is 4.22. The number of hydrogen-bond donors (Lipinski definition) is 2. The van der Waals surface area contributed by atoms with Gasteiger partial charge in [0.1, 0.15) is 0 Å². The summed E-state index contributed by atoms with van der Waals surface area (Å²) >= 11 is 5.87. The molecule has 0 spiro atoms. The van der Waals surface area contributed by atoms with Crippen LogP contribution in [0.2, 0.25) is 5.02 Å². The molecule has 110 valence electrons. The molecule has 1 aliphatic rings. The summed E-state index contributed by atoms with van der Waals surface area (Å²) in [5.41, 5.74) is 7.23. The first-order valence-corrected chi connectivity index (χ1v) is 7.74. The predicted octanol–water partition coefficient (Wildman–Crippen LogP) is 2.90. The second-order valence-corrected chi connectivity index (χ2v) is 6.23. The van der Waals surface area contributed by atoms with Crippen molar-refractivity contribution >= 4 is 17.5 Å². The van der Waals surface area contributed by atoms with E-state index in [2.05, 4.69) is 5.32 Å².